The van der Waals surface area contributed by atoms with Crippen LogP contribution in [0.2, 0.25) is 0 Å². The normalized spacial score (nSPS) is 18.2. The maximum atomic E-state index is 6.05. The first-order valence-corrected chi connectivity index (χ1v) is 7.62. The summed E-state index contributed by atoms with van der Waals surface area (Å²) in [7, 11) is 0. The van der Waals surface area contributed by atoms with Crippen LogP contribution < -0.4 is 16.0 Å². The van der Waals surface area contributed by atoms with Gasteiger partial charge >= 0.3 is 0 Å². The van der Waals surface area contributed by atoms with Crippen molar-refractivity contribution < 1.29 is 4.74 Å². The number of anilines is 3. The van der Waals surface area contributed by atoms with E-state index in [1.807, 2.05) is 24.3 Å². The molecular formula is C17H22N4O. The Hall–Kier alpha value is -2.27. The number of hydrogen-bond donors (Lipinski definition) is 2. The number of nitrogens with one attached hydrogen (secondary N) is 1. The van der Waals surface area contributed by atoms with Gasteiger partial charge in [0, 0.05) is 19.2 Å². The Labute approximate surface area is 131 Å². The first-order valence-electron chi connectivity index (χ1n) is 7.62. The Balaban J connectivity index is 1.75. The lowest BCUT2D eigenvalue weighted by Crippen LogP contribution is -2.44. The van der Waals surface area contributed by atoms with Gasteiger partial charge in [-0.05, 0) is 12.5 Å². The minimum Gasteiger partial charge on any atom is -0.396 e. The summed E-state index contributed by atoms with van der Waals surface area (Å²) in [5, 5.41) is 3.40. The average molecular weight is 298 g/mol. The fourth-order valence-electron chi connectivity index (χ4n) is 2.63. The zero-order chi connectivity index (χ0) is 15.4. The number of hydrogen-bond acceptors (Lipinski definition) is 5. The molecule has 5 heteroatoms. The molecule has 1 saturated heterocycles. The molecule has 0 radical (unpaired) electrons. The van der Waals surface area contributed by atoms with E-state index in [0.717, 1.165) is 37.8 Å². The summed E-state index contributed by atoms with van der Waals surface area (Å²) >= 11 is 0. The second-order valence-electron chi connectivity index (χ2n) is 5.59. The van der Waals surface area contributed by atoms with Crippen LogP contribution >= 0.6 is 0 Å². The Bertz CT molecular complexity index is 617. The summed E-state index contributed by atoms with van der Waals surface area (Å²) in [6.07, 6.45) is 1.73. The third-order valence-corrected chi connectivity index (χ3v) is 3.91. The standard InChI is InChI=1S/C17H22N4O/c1-13-12-22-8-7-21(13)17-9-16(15(18)11-20-17)19-10-14-5-3-2-4-6-14/h2-6,9,11,13H,7-8,10,12,18H2,1H3,(H,19,20)/t13-/m0/s1. The number of nitrogens with zero attached hydrogens (tertiary/aromatic N) is 2. The molecular weight excluding hydrogens is 276 g/mol. The van der Waals surface area contributed by atoms with Gasteiger partial charge in [0.25, 0.3) is 0 Å². The second kappa shape index (κ2) is 6.66. The minimum atomic E-state index is 0.326. The van der Waals surface area contributed by atoms with Crippen molar-refractivity contribution in [1.82, 2.24) is 4.98 Å². The monoisotopic (exact) mass is 298 g/mol. The van der Waals surface area contributed by atoms with Gasteiger partial charge < -0.3 is 20.7 Å². The number of aromatic nitrogens is 1. The maximum Gasteiger partial charge on any atom is 0.131 e. The van der Waals surface area contributed by atoms with Crippen molar-refractivity contribution in [3.63, 3.8) is 0 Å². The number of rotatable bonds is 4. The predicted octanol–water partition coefficient (Wildman–Crippen LogP) is 2.50. The second-order valence-corrected chi connectivity index (χ2v) is 5.59. The molecule has 1 aliphatic heterocycles. The molecule has 22 heavy (non-hydrogen) atoms. The molecule has 1 atom stereocenters. The number of benzene rings is 1. The van der Waals surface area contributed by atoms with Crippen molar-refractivity contribution in [2.24, 2.45) is 0 Å². The molecule has 116 valence electrons. The van der Waals surface area contributed by atoms with E-state index < -0.39 is 0 Å². The summed E-state index contributed by atoms with van der Waals surface area (Å²) in [4.78, 5) is 6.73. The maximum absolute atomic E-state index is 6.05. The fraction of sp³-hybridized carbons (Fsp3) is 0.353. The van der Waals surface area contributed by atoms with Gasteiger partial charge in [0.05, 0.1) is 36.8 Å². The van der Waals surface area contributed by atoms with Gasteiger partial charge in [0.15, 0.2) is 0 Å². The molecule has 2 aromatic rings. The van der Waals surface area contributed by atoms with E-state index >= 15 is 0 Å². The number of ether oxygens (including phenoxy) is 1. The van der Waals surface area contributed by atoms with Gasteiger partial charge in [0.2, 0.25) is 0 Å². The minimum absolute atomic E-state index is 0.326. The van der Waals surface area contributed by atoms with Crippen LogP contribution in [0.15, 0.2) is 42.6 Å². The topological polar surface area (TPSA) is 63.4 Å². The van der Waals surface area contributed by atoms with E-state index in [1.54, 1.807) is 6.20 Å². The van der Waals surface area contributed by atoms with Gasteiger partial charge in [-0.2, -0.15) is 0 Å². The van der Waals surface area contributed by atoms with Crippen molar-refractivity contribution in [2.75, 3.05) is 35.7 Å². The molecule has 0 bridgehead atoms. The van der Waals surface area contributed by atoms with E-state index in [2.05, 4.69) is 34.3 Å². The van der Waals surface area contributed by atoms with Crippen molar-refractivity contribution in [1.29, 1.82) is 0 Å². The zero-order valence-electron chi connectivity index (χ0n) is 12.8. The first kappa shape index (κ1) is 14.7. The molecule has 3 N–H and O–H groups in total. The average Bonchev–Trinajstić information content (AvgIpc) is 2.56. The largest absolute Gasteiger partial charge is 0.396 e. The van der Waals surface area contributed by atoms with Gasteiger partial charge in [-0.15, -0.1) is 0 Å². The Morgan fingerprint density at radius 2 is 2.18 bits per heavy atom. The predicted molar refractivity (Wildman–Crippen MR) is 90.0 cm³/mol. The highest BCUT2D eigenvalue weighted by atomic mass is 16.5. The van der Waals surface area contributed by atoms with Crippen molar-refractivity contribution in [3.8, 4) is 0 Å². The van der Waals surface area contributed by atoms with Crippen molar-refractivity contribution in [3.05, 3.63) is 48.2 Å². The summed E-state index contributed by atoms with van der Waals surface area (Å²) in [6, 6.07) is 12.6. The lowest BCUT2D eigenvalue weighted by Gasteiger charge is -2.34. The Morgan fingerprint density at radius 1 is 1.36 bits per heavy atom. The summed E-state index contributed by atoms with van der Waals surface area (Å²) in [5.41, 5.74) is 8.86. The molecule has 0 saturated carbocycles. The van der Waals surface area contributed by atoms with E-state index in [4.69, 9.17) is 10.5 Å². The lowest BCUT2D eigenvalue weighted by atomic mass is 10.2. The van der Waals surface area contributed by atoms with Crippen LogP contribution in [0.25, 0.3) is 0 Å². The molecule has 5 nitrogen and oxygen atoms in total. The zero-order valence-corrected chi connectivity index (χ0v) is 12.8. The van der Waals surface area contributed by atoms with Gasteiger partial charge in [-0.1, -0.05) is 30.3 Å². The SMILES string of the molecule is C[C@H]1COCCN1c1cc(NCc2ccccc2)c(N)cn1. The van der Waals surface area contributed by atoms with Gasteiger partial charge in [-0.3, -0.25) is 0 Å². The van der Waals surface area contributed by atoms with Crippen LogP contribution in [0.1, 0.15) is 12.5 Å². The molecule has 0 amide bonds. The molecule has 1 aliphatic rings. The number of nitrogen functional groups attached to an aromatic ring is 1. The molecule has 0 spiro atoms. The highest BCUT2D eigenvalue weighted by Gasteiger charge is 2.20. The molecule has 1 aromatic carbocycles. The number of nitrogens with two attached hydrogens (primary N) is 1. The molecule has 1 fully saturated rings. The van der Waals surface area contributed by atoms with Crippen molar-refractivity contribution >= 4 is 17.2 Å². The van der Waals surface area contributed by atoms with E-state index in [1.165, 1.54) is 5.56 Å². The van der Waals surface area contributed by atoms with Crippen LogP contribution in [-0.2, 0) is 11.3 Å². The summed E-state index contributed by atoms with van der Waals surface area (Å²) in [5.74, 6) is 0.945. The van der Waals surface area contributed by atoms with Crippen molar-refractivity contribution in [2.45, 2.75) is 19.5 Å². The third-order valence-electron chi connectivity index (χ3n) is 3.91. The number of pyridine rings is 1. The number of morpholine rings is 1. The molecule has 2 heterocycles. The van der Waals surface area contributed by atoms with Crippen LogP contribution in [-0.4, -0.2) is 30.8 Å². The molecule has 0 aliphatic carbocycles. The Morgan fingerprint density at radius 3 is 2.95 bits per heavy atom. The van der Waals surface area contributed by atoms with Crippen LogP contribution in [0.4, 0.5) is 17.2 Å². The van der Waals surface area contributed by atoms with Crippen LogP contribution in [0, 0.1) is 0 Å². The van der Waals surface area contributed by atoms with E-state index in [0.29, 0.717) is 11.7 Å². The molecule has 0 unspecified atom stereocenters. The van der Waals surface area contributed by atoms with Crippen LogP contribution in [0.5, 0.6) is 0 Å². The summed E-state index contributed by atoms with van der Waals surface area (Å²) < 4.78 is 5.48. The van der Waals surface area contributed by atoms with Gasteiger partial charge in [-0.25, -0.2) is 4.98 Å². The highest BCUT2D eigenvalue weighted by molar-refractivity contribution is 5.69. The molecule has 3 rings (SSSR count). The quantitative estimate of drug-likeness (QED) is 0.908. The lowest BCUT2D eigenvalue weighted by molar-refractivity contribution is 0.0985. The van der Waals surface area contributed by atoms with E-state index in [9.17, 15) is 0 Å². The van der Waals surface area contributed by atoms with Gasteiger partial charge in [0.1, 0.15) is 5.82 Å². The first-order chi connectivity index (χ1) is 10.7. The van der Waals surface area contributed by atoms with Crippen LogP contribution in [0.3, 0.4) is 0 Å². The summed E-state index contributed by atoms with van der Waals surface area (Å²) in [6.45, 7) is 5.22. The van der Waals surface area contributed by atoms with E-state index in [-0.39, 0.29) is 0 Å². The smallest absolute Gasteiger partial charge is 0.131 e. The third kappa shape index (κ3) is 3.31. The highest BCUT2D eigenvalue weighted by Crippen LogP contribution is 2.25. The Kier molecular flexibility index (Phi) is 4.44. The molecule has 1 aromatic heterocycles. The fourth-order valence-corrected chi connectivity index (χ4v) is 2.63.